The van der Waals surface area contributed by atoms with Gasteiger partial charge in [-0.2, -0.15) is 13.2 Å². The van der Waals surface area contributed by atoms with Crippen molar-refractivity contribution in [3.8, 4) is 0 Å². The summed E-state index contributed by atoms with van der Waals surface area (Å²) in [6, 6.07) is 3.72. The van der Waals surface area contributed by atoms with Gasteiger partial charge >= 0.3 is 12.1 Å². The molecule has 0 fully saturated rings. The molecule has 112 valence electrons. The molecular weight excluding hydrogens is 285 g/mol. The van der Waals surface area contributed by atoms with Gasteiger partial charge in [0.15, 0.2) is 0 Å². The van der Waals surface area contributed by atoms with E-state index in [-0.39, 0.29) is 23.5 Å². The molecule has 0 saturated heterocycles. The summed E-state index contributed by atoms with van der Waals surface area (Å²) in [5.74, 6) is -1.83. The highest BCUT2D eigenvalue weighted by Gasteiger charge is 2.33. The Morgan fingerprint density at radius 3 is 2.76 bits per heavy atom. The second-order valence-corrected chi connectivity index (χ2v) is 4.63. The van der Waals surface area contributed by atoms with Crippen molar-refractivity contribution in [1.29, 1.82) is 0 Å². The molecule has 1 aromatic carbocycles. The number of allylic oxidation sites excluding steroid dienone is 1. The number of carboxylic acids is 1. The average Bonchev–Trinajstić information content (AvgIpc) is 2.40. The summed E-state index contributed by atoms with van der Waals surface area (Å²) in [6.45, 7) is 1.33. The molecule has 7 heteroatoms. The predicted octanol–water partition coefficient (Wildman–Crippen LogP) is 3.44. The van der Waals surface area contributed by atoms with Gasteiger partial charge in [0.05, 0.1) is 5.56 Å². The smallest absolute Gasteiger partial charge is 0.416 e. The van der Waals surface area contributed by atoms with E-state index in [0.717, 1.165) is 6.07 Å². The number of rotatable bonds is 2. The first-order valence-corrected chi connectivity index (χ1v) is 6.20. The van der Waals surface area contributed by atoms with Crippen LogP contribution in [0.3, 0.4) is 0 Å². The number of aliphatic carboxylic acids is 1. The number of carboxylic acid groups (broad SMARTS) is 1. The number of aliphatic imine (C=N–C) groups is 1. The highest BCUT2D eigenvalue weighted by molar-refractivity contribution is 6.08. The quantitative estimate of drug-likeness (QED) is 0.879. The van der Waals surface area contributed by atoms with Gasteiger partial charge in [0, 0.05) is 11.9 Å². The molecule has 0 spiro atoms. The van der Waals surface area contributed by atoms with E-state index in [4.69, 9.17) is 5.11 Å². The first-order chi connectivity index (χ1) is 9.80. The molecule has 4 nitrogen and oxygen atoms in total. The van der Waals surface area contributed by atoms with Gasteiger partial charge in [0.25, 0.3) is 0 Å². The van der Waals surface area contributed by atoms with Crippen LogP contribution in [0.4, 0.5) is 18.9 Å². The first-order valence-electron chi connectivity index (χ1n) is 6.20. The van der Waals surface area contributed by atoms with Crippen molar-refractivity contribution in [2.24, 2.45) is 10.9 Å². The summed E-state index contributed by atoms with van der Waals surface area (Å²) in [6.07, 6.45) is -1.17. The zero-order chi connectivity index (χ0) is 15.6. The lowest BCUT2D eigenvalue weighted by Crippen LogP contribution is -2.31. The third-order valence-electron chi connectivity index (χ3n) is 3.22. The van der Waals surface area contributed by atoms with Crippen LogP contribution in [0.25, 0.3) is 0 Å². The molecule has 1 aliphatic heterocycles. The second kappa shape index (κ2) is 5.59. The maximum Gasteiger partial charge on any atom is 0.416 e. The van der Waals surface area contributed by atoms with Crippen molar-refractivity contribution >= 4 is 17.5 Å². The fourth-order valence-electron chi connectivity index (χ4n) is 2.08. The molecule has 1 atom stereocenters. The Hall–Kier alpha value is -2.31. The summed E-state index contributed by atoms with van der Waals surface area (Å²) >= 11 is 0. The number of nitrogens with zero attached hydrogens (tertiary/aromatic N) is 1. The van der Waals surface area contributed by atoms with E-state index in [1.807, 2.05) is 0 Å². The van der Waals surface area contributed by atoms with Crippen LogP contribution in [0.5, 0.6) is 0 Å². The average molecular weight is 298 g/mol. The third kappa shape index (κ3) is 3.24. The van der Waals surface area contributed by atoms with Crippen LogP contribution in [0.1, 0.15) is 17.5 Å². The molecular formula is C14H13F3N2O2. The number of benzene rings is 1. The van der Waals surface area contributed by atoms with Crippen LogP contribution < -0.4 is 5.32 Å². The van der Waals surface area contributed by atoms with Gasteiger partial charge in [0.2, 0.25) is 0 Å². The number of nitrogens with one attached hydrogen (secondary N) is 1. The van der Waals surface area contributed by atoms with Gasteiger partial charge in [-0.1, -0.05) is 12.1 Å². The Morgan fingerprint density at radius 1 is 1.43 bits per heavy atom. The van der Waals surface area contributed by atoms with Gasteiger partial charge in [0.1, 0.15) is 11.8 Å². The van der Waals surface area contributed by atoms with E-state index in [2.05, 4.69) is 10.3 Å². The molecule has 0 bridgehead atoms. The summed E-state index contributed by atoms with van der Waals surface area (Å²) in [4.78, 5) is 15.1. The van der Waals surface area contributed by atoms with Gasteiger partial charge < -0.3 is 10.4 Å². The molecule has 1 unspecified atom stereocenters. The van der Waals surface area contributed by atoms with Crippen molar-refractivity contribution in [3.05, 3.63) is 41.6 Å². The normalized spacial score (nSPS) is 18.3. The van der Waals surface area contributed by atoms with Gasteiger partial charge in [-0.25, -0.2) is 4.99 Å². The molecule has 1 aliphatic rings. The Labute approximate surface area is 119 Å². The van der Waals surface area contributed by atoms with Crippen LogP contribution in [-0.4, -0.2) is 16.9 Å². The van der Waals surface area contributed by atoms with Crippen molar-refractivity contribution in [3.63, 3.8) is 0 Å². The maximum absolute atomic E-state index is 12.8. The molecule has 21 heavy (non-hydrogen) atoms. The van der Waals surface area contributed by atoms with Crippen LogP contribution in [0.2, 0.25) is 0 Å². The lowest BCUT2D eigenvalue weighted by Gasteiger charge is -2.20. The van der Waals surface area contributed by atoms with Crippen molar-refractivity contribution in [2.75, 3.05) is 5.32 Å². The lowest BCUT2D eigenvalue weighted by atomic mass is 10.0. The van der Waals surface area contributed by atoms with Crippen molar-refractivity contribution in [2.45, 2.75) is 19.5 Å². The third-order valence-corrected chi connectivity index (χ3v) is 3.22. The van der Waals surface area contributed by atoms with E-state index in [0.29, 0.717) is 0 Å². The minimum atomic E-state index is -4.46. The Bertz CT molecular complexity index is 621. The van der Waals surface area contributed by atoms with Gasteiger partial charge in [-0.05, 0) is 31.0 Å². The molecule has 0 radical (unpaired) electrons. The minimum Gasteiger partial charge on any atom is -0.481 e. The number of hydrogen-bond donors (Lipinski definition) is 2. The Morgan fingerprint density at radius 2 is 2.14 bits per heavy atom. The number of hydrogen-bond acceptors (Lipinski definition) is 3. The largest absolute Gasteiger partial charge is 0.481 e. The van der Waals surface area contributed by atoms with E-state index in [1.54, 1.807) is 6.08 Å². The van der Waals surface area contributed by atoms with Crippen LogP contribution in [0, 0.1) is 12.8 Å². The van der Waals surface area contributed by atoms with Crippen molar-refractivity contribution < 1.29 is 23.1 Å². The summed E-state index contributed by atoms with van der Waals surface area (Å²) in [5.41, 5.74) is -0.553. The SMILES string of the molecule is Cc1c(NC2=NC=CCC2C(=O)O)cccc1C(F)(F)F. The number of carbonyl (C=O) groups is 1. The van der Waals surface area contributed by atoms with Crippen molar-refractivity contribution in [1.82, 2.24) is 0 Å². The Kier molecular flexibility index (Phi) is 4.02. The zero-order valence-corrected chi connectivity index (χ0v) is 11.1. The van der Waals surface area contributed by atoms with E-state index >= 15 is 0 Å². The van der Waals surface area contributed by atoms with Gasteiger partial charge in [-0.15, -0.1) is 0 Å². The summed E-state index contributed by atoms with van der Waals surface area (Å²) in [7, 11) is 0. The topological polar surface area (TPSA) is 61.7 Å². The van der Waals surface area contributed by atoms with E-state index in [9.17, 15) is 18.0 Å². The zero-order valence-electron chi connectivity index (χ0n) is 11.1. The first kappa shape index (κ1) is 15.1. The standard InChI is InChI=1S/C14H13F3N2O2/c1-8-10(14(15,16)17)5-2-6-11(8)19-12-9(13(20)21)4-3-7-18-12/h2-3,5-7,9H,4H2,1H3,(H,18,19)(H,20,21). The molecule has 0 amide bonds. The van der Waals surface area contributed by atoms with Gasteiger partial charge in [-0.3, -0.25) is 4.79 Å². The summed E-state index contributed by atoms with van der Waals surface area (Å²) < 4.78 is 38.5. The van der Waals surface area contributed by atoms with E-state index in [1.165, 1.54) is 25.3 Å². The highest BCUT2D eigenvalue weighted by Crippen LogP contribution is 2.34. The highest BCUT2D eigenvalue weighted by atomic mass is 19.4. The second-order valence-electron chi connectivity index (χ2n) is 4.63. The molecule has 0 aliphatic carbocycles. The Balaban J connectivity index is 2.34. The number of halogens is 3. The fourth-order valence-corrected chi connectivity index (χ4v) is 2.08. The molecule has 2 rings (SSSR count). The van der Waals surface area contributed by atoms with E-state index < -0.39 is 23.6 Å². The lowest BCUT2D eigenvalue weighted by molar-refractivity contribution is -0.139. The molecule has 0 aromatic heterocycles. The molecule has 1 heterocycles. The van der Waals surface area contributed by atoms with Crippen LogP contribution >= 0.6 is 0 Å². The minimum absolute atomic E-state index is 0.00592. The number of anilines is 1. The molecule has 0 saturated carbocycles. The summed E-state index contributed by atoms with van der Waals surface area (Å²) in [5, 5.41) is 11.8. The fraction of sp³-hybridized carbons (Fsp3) is 0.286. The maximum atomic E-state index is 12.8. The molecule has 2 N–H and O–H groups in total. The van der Waals surface area contributed by atoms with Crippen LogP contribution in [-0.2, 0) is 11.0 Å². The predicted molar refractivity (Wildman–Crippen MR) is 72.1 cm³/mol. The number of alkyl halides is 3. The monoisotopic (exact) mass is 298 g/mol. The molecule has 1 aromatic rings. The van der Waals surface area contributed by atoms with Crippen LogP contribution in [0.15, 0.2) is 35.5 Å². The number of amidine groups is 1.